The highest BCUT2D eigenvalue weighted by Crippen LogP contribution is 2.01. The summed E-state index contributed by atoms with van der Waals surface area (Å²) in [6.45, 7) is 13.6. The fraction of sp³-hybridized carbons (Fsp3) is 0.300. The zero-order valence-electron chi connectivity index (χ0n) is 8.72. The van der Waals surface area contributed by atoms with E-state index in [1.807, 2.05) is 20.9 Å². The third-order valence-corrected chi connectivity index (χ3v) is 1.06. The van der Waals surface area contributed by atoms with Crippen LogP contribution in [0.4, 0.5) is 5.82 Å². The molecule has 0 aliphatic heterocycles. The Morgan fingerprint density at radius 3 is 2.23 bits per heavy atom. The summed E-state index contributed by atoms with van der Waals surface area (Å²) in [5, 5.41) is 2.92. The summed E-state index contributed by atoms with van der Waals surface area (Å²) in [7, 11) is 1.83. The highest BCUT2D eigenvalue weighted by atomic mass is 15.0. The topological polar surface area (TPSA) is 40.7 Å². The quantitative estimate of drug-likeness (QED) is 0.689. The van der Waals surface area contributed by atoms with Gasteiger partial charge in [-0.1, -0.05) is 20.4 Å². The van der Waals surface area contributed by atoms with Gasteiger partial charge in [0.25, 0.3) is 0 Å². The maximum Gasteiger partial charge on any atom is 0.130 e. The Morgan fingerprint density at radius 2 is 2.00 bits per heavy atom. The molecule has 0 saturated heterocycles. The molecule has 0 unspecified atom stereocenters. The van der Waals surface area contributed by atoms with Crippen LogP contribution in [0.1, 0.15) is 19.7 Å². The van der Waals surface area contributed by atoms with Gasteiger partial charge in [-0.15, -0.1) is 13.2 Å². The van der Waals surface area contributed by atoms with E-state index >= 15 is 0 Å². The number of hydrogen-bond donors (Lipinski definition) is 2. The van der Waals surface area contributed by atoms with Crippen LogP contribution < -0.4 is 5.32 Å². The lowest BCUT2D eigenvalue weighted by Gasteiger charge is -1.88. The minimum Gasteiger partial charge on any atom is -0.373 e. The number of anilines is 1. The number of aromatic amines is 1. The van der Waals surface area contributed by atoms with Crippen molar-refractivity contribution >= 4 is 11.9 Å². The highest BCUT2D eigenvalue weighted by molar-refractivity contribution is 5.42. The first-order valence-electron chi connectivity index (χ1n) is 4.22. The summed E-state index contributed by atoms with van der Waals surface area (Å²) < 4.78 is 0. The first kappa shape index (κ1) is 14.0. The molecule has 74 valence electrons. The first-order valence-corrected chi connectivity index (χ1v) is 4.22. The van der Waals surface area contributed by atoms with Crippen molar-refractivity contribution in [3.05, 3.63) is 31.8 Å². The molecule has 0 amide bonds. The number of nitrogens with one attached hydrogen (secondary N) is 2. The molecular formula is C10H19N3. The minimum absolute atomic E-state index is 0.791. The fourth-order valence-corrected chi connectivity index (χ4v) is 0.567. The molecule has 0 aromatic carbocycles. The Kier molecular flexibility index (Phi) is 11.3. The maximum atomic E-state index is 3.97. The summed E-state index contributed by atoms with van der Waals surface area (Å²) in [6, 6.07) is 0. The Labute approximate surface area is 80.6 Å². The van der Waals surface area contributed by atoms with E-state index in [1.54, 1.807) is 12.3 Å². The van der Waals surface area contributed by atoms with Crippen molar-refractivity contribution in [2.24, 2.45) is 0 Å². The van der Waals surface area contributed by atoms with Crippen molar-refractivity contribution in [1.82, 2.24) is 9.97 Å². The van der Waals surface area contributed by atoms with Crippen molar-refractivity contribution in [2.45, 2.75) is 13.8 Å². The van der Waals surface area contributed by atoms with Crippen LogP contribution in [0.3, 0.4) is 0 Å². The molecule has 3 heteroatoms. The summed E-state index contributed by atoms with van der Waals surface area (Å²) >= 11 is 0. The predicted molar refractivity (Wildman–Crippen MR) is 60.8 cm³/mol. The van der Waals surface area contributed by atoms with Crippen molar-refractivity contribution < 1.29 is 0 Å². The van der Waals surface area contributed by atoms with E-state index < -0.39 is 0 Å². The zero-order valence-corrected chi connectivity index (χ0v) is 8.72. The molecule has 0 spiro atoms. The minimum atomic E-state index is 0.791. The fourth-order valence-electron chi connectivity index (χ4n) is 0.567. The van der Waals surface area contributed by atoms with Crippen LogP contribution in [-0.2, 0) is 0 Å². The average Bonchev–Trinajstić information content (AvgIpc) is 2.71. The third kappa shape index (κ3) is 5.73. The van der Waals surface area contributed by atoms with Crippen LogP contribution in [0.2, 0.25) is 0 Å². The number of hydrogen-bond acceptors (Lipinski definition) is 2. The van der Waals surface area contributed by atoms with Crippen molar-refractivity contribution in [2.75, 3.05) is 12.4 Å². The van der Waals surface area contributed by atoms with Crippen LogP contribution >= 0.6 is 0 Å². The largest absolute Gasteiger partial charge is 0.373 e. The normalized spacial score (nSPS) is 7.00. The second-order valence-electron chi connectivity index (χ2n) is 1.64. The van der Waals surface area contributed by atoms with E-state index in [-0.39, 0.29) is 0 Å². The molecule has 1 aromatic rings. The smallest absolute Gasteiger partial charge is 0.130 e. The molecular weight excluding hydrogens is 162 g/mol. The number of nitrogens with zero attached hydrogens (tertiary/aromatic N) is 1. The number of imidazole rings is 1. The van der Waals surface area contributed by atoms with Crippen LogP contribution in [0, 0.1) is 0 Å². The predicted octanol–water partition coefficient (Wildman–Crippen LogP) is 2.92. The molecule has 1 heterocycles. The Hall–Kier alpha value is -1.51. The van der Waals surface area contributed by atoms with E-state index in [0.717, 1.165) is 11.6 Å². The SMILES string of the molecule is C=C.C=Cc1ncc(NC)[nH]1.CC. The lowest BCUT2D eigenvalue weighted by molar-refractivity contribution is 1.26. The van der Waals surface area contributed by atoms with E-state index in [2.05, 4.69) is 35.0 Å². The summed E-state index contributed by atoms with van der Waals surface area (Å²) in [6.07, 6.45) is 3.39. The monoisotopic (exact) mass is 181 g/mol. The van der Waals surface area contributed by atoms with Gasteiger partial charge in [-0.05, 0) is 6.08 Å². The molecule has 0 atom stereocenters. The van der Waals surface area contributed by atoms with E-state index in [1.165, 1.54) is 0 Å². The lowest BCUT2D eigenvalue weighted by atomic mass is 10.6. The molecule has 0 bridgehead atoms. The van der Waals surface area contributed by atoms with Gasteiger partial charge in [0.15, 0.2) is 0 Å². The van der Waals surface area contributed by atoms with Crippen molar-refractivity contribution in [3.63, 3.8) is 0 Å². The summed E-state index contributed by atoms with van der Waals surface area (Å²) in [4.78, 5) is 6.94. The summed E-state index contributed by atoms with van der Waals surface area (Å²) in [5.41, 5.74) is 0. The molecule has 3 nitrogen and oxygen atoms in total. The van der Waals surface area contributed by atoms with Crippen LogP contribution in [0.15, 0.2) is 25.9 Å². The van der Waals surface area contributed by atoms with Crippen LogP contribution in [0.25, 0.3) is 6.08 Å². The second kappa shape index (κ2) is 10.5. The van der Waals surface area contributed by atoms with Crippen LogP contribution in [-0.4, -0.2) is 17.0 Å². The molecule has 0 saturated carbocycles. The zero-order chi connectivity index (χ0) is 10.7. The van der Waals surface area contributed by atoms with Gasteiger partial charge in [-0.2, -0.15) is 0 Å². The van der Waals surface area contributed by atoms with Gasteiger partial charge in [-0.3, -0.25) is 0 Å². The van der Waals surface area contributed by atoms with Crippen molar-refractivity contribution in [1.29, 1.82) is 0 Å². The van der Waals surface area contributed by atoms with Gasteiger partial charge in [0.2, 0.25) is 0 Å². The van der Waals surface area contributed by atoms with Crippen molar-refractivity contribution in [3.8, 4) is 0 Å². The Balaban J connectivity index is 0. The van der Waals surface area contributed by atoms with Gasteiger partial charge in [0.1, 0.15) is 11.6 Å². The molecule has 0 fully saturated rings. The van der Waals surface area contributed by atoms with Gasteiger partial charge < -0.3 is 10.3 Å². The second-order valence-corrected chi connectivity index (χ2v) is 1.64. The number of rotatable bonds is 2. The number of aromatic nitrogens is 2. The van der Waals surface area contributed by atoms with E-state index in [0.29, 0.717) is 0 Å². The lowest BCUT2D eigenvalue weighted by Crippen LogP contribution is -1.86. The number of H-pyrrole nitrogens is 1. The molecule has 0 aliphatic carbocycles. The standard InChI is InChI=1S/C6H9N3.C2H6.C2H4/c1-3-5-8-4-6(7-2)9-5;2*1-2/h3-4,7H,1H2,2H3,(H,8,9);1-2H3;1-2H2. The molecule has 1 rings (SSSR count). The Morgan fingerprint density at radius 1 is 1.46 bits per heavy atom. The first-order chi connectivity index (χ1) is 6.36. The van der Waals surface area contributed by atoms with Gasteiger partial charge in [0.05, 0.1) is 6.20 Å². The van der Waals surface area contributed by atoms with Gasteiger partial charge >= 0.3 is 0 Å². The molecule has 1 aromatic heterocycles. The van der Waals surface area contributed by atoms with Gasteiger partial charge in [-0.25, -0.2) is 4.98 Å². The molecule has 0 aliphatic rings. The molecule has 13 heavy (non-hydrogen) atoms. The van der Waals surface area contributed by atoms with Gasteiger partial charge in [0, 0.05) is 7.05 Å². The average molecular weight is 181 g/mol. The van der Waals surface area contributed by atoms with E-state index in [4.69, 9.17) is 0 Å². The maximum absolute atomic E-state index is 3.97. The molecule has 0 radical (unpaired) electrons. The van der Waals surface area contributed by atoms with E-state index in [9.17, 15) is 0 Å². The summed E-state index contributed by atoms with van der Waals surface area (Å²) in [5.74, 6) is 1.70. The molecule has 2 N–H and O–H groups in total. The Bertz CT molecular complexity index is 216. The highest BCUT2D eigenvalue weighted by Gasteiger charge is 1.90. The third-order valence-electron chi connectivity index (χ3n) is 1.06. The van der Waals surface area contributed by atoms with Crippen LogP contribution in [0.5, 0.6) is 0 Å².